The maximum Gasteiger partial charge on any atom is 0.0810 e. The van der Waals surface area contributed by atoms with E-state index in [-0.39, 0.29) is 0 Å². The zero-order valence-corrected chi connectivity index (χ0v) is 8.50. The Balaban J connectivity index is 1.46. The number of ether oxygens (including phenoxy) is 1. The lowest BCUT2D eigenvalue weighted by atomic mass is 10.1. The van der Waals surface area contributed by atoms with Crippen LogP contribution in [0.15, 0.2) is 0 Å². The first-order valence-electron chi connectivity index (χ1n) is 5.79. The van der Waals surface area contributed by atoms with Gasteiger partial charge in [-0.1, -0.05) is 6.42 Å². The van der Waals surface area contributed by atoms with Gasteiger partial charge in [0, 0.05) is 0 Å². The lowest BCUT2D eigenvalue weighted by Crippen LogP contribution is -2.30. The van der Waals surface area contributed by atoms with Crippen LogP contribution in [0.25, 0.3) is 0 Å². The Morgan fingerprint density at radius 3 is 2.54 bits per heavy atom. The molecule has 76 valence electrons. The molecular weight excluding hydrogens is 162 g/mol. The number of nitrogens with zero attached hydrogens (tertiary/aromatic N) is 1. The van der Waals surface area contributed by atoms with Crippen molar-refractivity contribution in [2.24, 2.45) is 0 Å². The van der Waals surface area contributed by atoms with Gasteiger partial charge >= 0.3 is 0 Å². The van der Waals surface area contributed by atoms with Crippen molar-refractivity contribution in [1.29, 1.82) is 0 Å². The third-order valence-electron chi connectivity index (χ3n) is 3.10. The van der Waals surface area contributed by atoms with Crippen LogP contribution in [-0.4, -0.2) is 37.2 Å². The standard InChI is InChI=1S/C11H21NO/c1-3-7-12(8-4-1)9-5-2-6-11-10-13-11/h11H,1-10H2. The first kappa shape index (κ1) is 9.47. The topological polar surface area (TPSA) is 15.8 Å². The summed E-state index contributed by atoms with van der Waals surface area (Å²) in [5, 5.41) is 0. The molecule has 1 atom stereocenters. The first-order chi connectivity index (χ1) is 6.45. The molecule has 1 unspecified atom stereocenters. The normalized spacial score (nSPS) is 29.1. The fraction of sp³-hybridized carbons (Fsp3) is 1.00. The molecule has 0 aromatic carbocycles. The third kappa shape index (κ3) is 3.65. The highest BCUT2D eigenvalue weighted by Crippen LogP contribution is 2.17. The monoisotopic (exact) mass is 183 g/mol. The number of hydrogen-bond acceptors (Lipinski definition) is 2. The van der Waals surface area contributed by atoms with E-state index >= 15 is 0 Å². The lowest BCUT2D eigenvalue weighted by Gasteiger charge is -2.26. The van der Waals surface area contributed by atoms with E-state index in [1.165, 1.54) is 58.2 Å². The zero-order valence-electron chi connectivity index (χ0n) is 8.50. The predicted octanol–water partition coefficient (Wildman–Crippen LogP) is 2.04. The van der Waals surface area contributed by atoms with Gasteiger partial charge in [0.2, 0.25) is 0 Å². The molecule has 2 fully saturated rings. The molecule has 0 radical (unpaired) electrons. The molecule has 0 aromatic heterocycles. The first-order valence-corrected chi connectivity index (χ1v) is 5.79. The van der Waals surface area contributed by atoms with Gasteiger partial charge in [-0.3, -0.25) is 0 Å². The molecule has 2 rings (SSSR count). The molecule has 2 nitrogen and oxygen atoms in total. The van der Waals surface area contributed by atoms with Crippen LogP contribution in [-0.2, 0) is 4.74 Å². The zero-order chi connectivity index (χ0) is 8.93. The second-order valence-corrected chi connectivity index (χ2v) is 4.35. The molecule has 2 aliphatic rings. The largest absolute Gasteiger partial charge is 0.373 e. The molecule has 2 aliphatic heterocycles. The van der Waals surface area contributed by atoms with E-state index in [0.717, 1.165) is 6.61 Å². The highest BCUT2D eigenvalue weighted by Gasteiger charge is 2.21. The van der Waals surface area contributed by atoms with Gasteiger partial charge in [0.25, 0.3) is 0 Å². The summed E-state index contributed by atoms with van der Waals surface area (Å²) in [6, 6.07) is 0. The second-order valence-electron chi connectivity index (χ2n) is 4.35. The fourth-order valence-electron chi connectivity index (χ4n) is 2.13. The van der Waals surface area contributed by atoms with Gasteiger partial charge in [-0.25, -0.2) is 0 Å². The number of piperidine rings is 1. The van der Waals surface area contributed by atoms with Crippen molar-refractivity contribution in [2.75, 3.05) is 26.2 Å². The molecule has 0 amide bonds. The molecule has 0 spiro atoms. The van der Waals surface area contributed by atoms with E-state index in [1.54, 1.807) is 0 Å². The smallest absolute Gasteiger partial charge is 0.0810 e. The van der Waals surface area contributed by atoms with Gasteiger partial charge in [-0.15, -0.1) is 0 Å². The number of hydrogen-bond donors (Lipinski definition) is 0. The van der Waals surface area contributed by atoms with Crippen LogP contribution >= 0.6 is 0 Å². The van der Waals surface area contributed by atoms with E-state index in [1.807, 2.05) is 0 Å². The summed E-state index contributed by atoms with van der Waals surface area (Å²) in [6.07, 6.45) is 8.97. The average molecular weight is 183 g/mol. The second kappa shape index (κ2) is 4.97. The van der Waals surface area contributed by atoms with Gasteiger partial charge in [0.1, 0.15) is 0 Å². The van der Waals surface area contributed by atoms with Gasteiger partial charge in [-0.05, 0) is 51.7 Å². The Kier molecular flexibility index (Phi) is 3.62. The van der Waals surface area contributed by atoms with Crippen LogP contribution in [0.2, 0.25) is 0 Å². The highest BCUT2D eigenvalue weighted by atomic mass is 16.6. The molecule has 13 heavy (non-hydrogen) atoms. The van der Waals surface area contributed by atoms with Crippen molar-refractivity contribution in [3.8, 4) is 0 Å². The minimum Gasteiger partial charge on any atom is -0.373 e. The highest BCUT2D eigenvalue weighted by molar-refractivity contribution is 4.69. The molecule has 0 bridgehead atoms. The number of likely N-dealkylation sites (tertiary alicyclic amines) is 1. The summed E-state index contributed by atoms with van der Waals surface area (Å²) < 4.78 is 5.19. The molecular formula is C11H21NO. The maximum atomic E-state index is 5.19. The van der Waals surface area contributed by atoms with Gasteiger partial charge in [-0.2, -0.15) is 0 Å². The van der Waals surface area contributed by atoms with Crippen LogP contribution < -0.4 is 0 Å². The quantitative estimate of drug-likeness (QED) is 0.479. The predicted molar refractivity (Wildman–Crippen MR) is 53.9 cm³/mol. The van der Waals surface area contributed by atoms with E-state index < -0.39 is 0 Å². The molecule has 2 heteroatoms. The Labute approximate surface area is 81.3 Å². The molecule has 0 saturated carbocycles. The maximum absolute atomic E-state index is 5.19. The molecule has 2 saturated heterocycles. The van der Waals surface area contributed by atoms with Crippen LogP contribution in [0.3, 0.4) is 0 Å². The van der Waals surface area contributed by atoms with Crippen molar-refractivity contribution in [3.63, 3.8) is 0 Å². The number of rotatable bonds is 5. The third-order valence-corrected chi connectivity index (χ3v) is 3.10. The lowest BCUT2D eigenvalue weighted by molar-refractivity contribution is 0.223. The van der Waals surface area contributed by atoms with Gasteiger partial charge in [0.05, 0.1) is 12.7 Å². The Bertz CT molecular complexity index is 139. The van der Waals surface area contributed by atoms with Crippen molar-refractivity contribution in [2.45, 2.75) is 44.6 Å². The molecule has 2 heterocycles. The number of unbranched alkanes of at least 4 members (excludes halogenated alkanes) is 1. The van der Waals surface area contributed by atoms with Crippen molar-refractivity contribution >= 4 is 0 Å². The Hall–Kier alpha value is -0.0800. The summed E-state index contributed by atoms with van der Waals surface area (Å²) >= 11 is 0. The van der Waals surface area contributed by atoms with E-state index in [0.29, 0.717) is 6.10 Å². The fourth-order valence-corrected chi connectivity index (χ4v) is 2.13. The van der Waals surface area contributed by atoms with E-state index in [4.69, 9.17) is 4.74 Å². The molecule has 0 aromatic rings. The van der Waals surface area contributed by atoms with Crippen LogP contribution in [0.1, 0.15) is 38.5 Å². The minimum atomic E-state index is 0.640. The number of epoxide rings is 1. The summed E-state index contributed by atoms with van der Waals surface area (Å²) in [6.45, 7) is 5.05. The van der Waals surface area contributed by atoms with Crippen LogP contribution in [0.4, 0.5) is 0 Å². The van der Waals surface area contributed by atoms with Gasteiger partial charge < -0.3 is 9.64 Å². The molecule has 0 N–H and O–H groups in total. The van der Waals surface area contributed by atoms with E-state index in [2.05, 4.69) is 4.90 Å². The van der Waals surface area contributed by atoms with Crippen molar-refractivity contribution in [3.05, 3.63) is 0 Å². The summed E-state index contributed by atoms with van der Waals surface area (Å²) in [4.78, 5) is 2.62. The van der Waals surface area contributed by atoms with Crippen LogP contribution in [0, 0.1) is 0 Å². The van der Waals surface area contributed by atoms with E-state index in [9.17, 15) is 0 Å². The Morgan fingerprint density at radius 2 is 1.85 bits per heavy atom. The summed E-state index contributed by atoms with van der Waals surface area (Å²) in [5.74, 6) is 0. The Morgan fingerprint density at radius 1 is 1.08 bits per heavy atom. The minimum absolute atomic E-state index is 0.640. The summed E-state index contributed by atoms with van der Waals surface area (Å²) in [7, 11) is 0. The summed E-state index contributed by atoms with van der Waals surface area (Å²) in [5.41, 5.74) is 0. The average Bonchev–Trinajstić information content (AvgIpc) is 2.98. The van der Waals surface area contributed by atoms with Gasteiger partial charge in [0.15, 0.2) is 0 Å². The van der Waals surface area contributed by atoms with Crippen LogP contribution in [0.5, 0.6) is 0 Å². The molecule has 0 aliphatic carbocycles. The SMILES string of the molecule is C1CCN(CCCCC2CO2)CC1. The van der Waals surface area contributed by atoms with Crippen molar-refractivity contribution in [1.82, 2.24) is 4.90 Å². The van der Waals surface area contributed by atoms with Crippen molar-refractivity contribution < 1.29 is 4.74 Å².